The molecule has 1 aromatic rings. The van der Waals surface area contributed by atoms with Crippen molar-refractivity contribution in [2.45, 2.75) is 46.1 Å². The molecule has 1 rings (SSSR count). The molecule has 0 N–H and O–H groups in total. The van der Waals surface area contributed by atoms with E-state index in [9.17, 15) is 4.79 Å². The van der Waals surface area contributed by atoms with Gasteiger partial charge in [-0.2, -0.15) is 0 Å². The highest BCUT2D eigenvalue weighted by Crippen LogP contribution is 2.16. The highest BCUT2D eigenvalue weighted by atomic mass is 16.6. The molecule has 0 aromatic heterocycles. The molecule has 0 saturated carbocycles. The lowest BCUT2D eigenvalue weighted by Crippen LogP contribution is -2.23. The molecule has 0 amide bonds. The summed E-state index contributed by atoms with van der Waals surface area (Å²) in [5, 5.41) is 0. The van der Waals surface area contributed by atoms with Crippen molar-refractivity contribution in [3.8, 4) is 5.75 Å². The van der Waals surface area contributed by atoms with Gasteiger partial charge < -0.3 is 9.47 Å². The molecular formula is C15H22O3. The second kappa shape index (κ2) is 6.43. The van der Waals surface area contributed by atoms with E-state index < -0.39 is 5.60 Å². The van der Waals surface area contributed by atoms with Gasteiger partial charge in [0.1, 0.15) is 11.4 Å². The predicted octanol–water partition coefficient (Wildman–Crippen LogP) is 3.50. The number of carbonyl (C=O) groups is 1. The average Bonchev–Trinajstić information content (AvgIpc) is 2.24. The summed E-state index contributed by atoms with van der Waals surface area (Å²) in [4.78, 5) is 11.5. The van der Waals surface area contributed by atoms with Crippen LogP contribution in [0.4, 0.5) is 0 Å². The number of para-hydroxylation sites is 1. The van der Waals surface area contributed by atoms with Gasteiger partial charge >= 0.3 is 5.97 Å². The third-order valence-electron chi connectivity index (χ3n) is 2.30. The Bertz CT molecular complexity index is 391. The maximum Gasteiger partial charge on any atom is 0.306 e. The molecule has 0 fully saturated rings. The van der Waals surface area contributed by atoms with E-state index in [-0.39, 0.29) is 5.97 Å². The Labute approximate surface area is 109 Å². The minimum atomic E-state index is -0.409. The van der Waals surface area contributed by atoms with Crippen molar-refractivity contribution in [3.63, 3.8) is 0 Å². The number of benzene rings is 1. The van der Waals surface area contributed by atoms with Gasteiger partial charge in [0.25, 0.3) is 0 Å². The third kappa shape index (κ3) is 5.71. The molecular weight excluding hydrogens is 228 g/mol. The number of ether oxygens (including phenoxy) is 2. The Morgan fingerprint density at radius 1 is 1.22 bits per heavy atom. The van der Waals surface area contributed by atoms with Gasteiger partial charge in [0.2, 0.25) is 0 Å². The van der Waals surface area contributed by atoms with Gasteiger partial charge in [-0.1, -0.05) is 18.2 Å². The van der Waals surface area contributed by atoms with Crippen LogP contribution >= 0.6 is 0 Å². The number of carbonyl (C=O) groups excluding carboxylic acids is 1. The van der Waals surface area contributed by atoms with Crippen molar-refractivity contribution in [3.05, 3.63) is 29.8 Å². The van der Waals surface area contributed by atoms with Crippen LogP contribution in [0.5, 0.6) is 5.75 Å². The first-order valence-electron chi connectivity index (χ1n) is 6.29. The normalized spacial score (nSPS) is 11.1. The molecule has 0 saturated heterocycles. The van der Waals surface area contributed by atoms with Crippen LogP contribution in [0.25, 0.3) is 0 Å². The molecule has 0 aliphatic rings. The smallest absolute Gasteiger partial charge is 0.306 e. The average molecular weight is 250 g/mol. The fourth-order valence-electron chi connectivity index (χ4n) is 1.51. The zero-order valence-corrected chi connectivity index (χ0v) is 11.7. The number of hydrogen-bond acceptors (Lipinski definition) is 3. The van der Waals surface area contributed by atoms with Crippen LogP contribution in [0.15, 0.2) is 24.3 Å². The molecule has 0 unspecified atom stereocenters. The summed E-state index contributed by atoms with van der Waals surface area (Å²) in [6.45, 7) is 8.14. The summed E-state index contributed by atoms with van der Waals surface area (Å²) in [6.07, 6.45) is 1.06. The number of rotatable bonds is 5. The van der Waals surface area contributed by atoms with E-state index in [0.717, 1.165) is 11.3 Å². The molecule has 0 aliphatic heterocycles. The summed E-state index contributed by atoms with van der Waals surface area (Å²) in [5.74, 6) is 0.706. The maximum absolute atomic E-state index is 11.5. The molecule has 0 atom stereocenters. The fraction of sp³-hybridized carbons (Fsp3) is 0.533. The van der Waals surface area contributed by atoms with Crippen molar-refractivity contribution in [1.29, 1.82) is 0 Å². The van der Waals surface area contributed by atoms with Crippen LogP contribution < -0.4 is 4.74 Å². The minimum absolute atomic E-state index is 0.170. The molecule has 0 bridgehead atoms. The van der Waals surface area contributed by atoms with E-state index in [4.69, 9.17) is 9.47 Å². The lowest BCUT2D eigenvalue weighted by molar-refractivity contribution is -0.155. The standard InChI is InChI=1S/C15H22O3/c1-12-8-5-6-9-13(12)17-11-7-10-14(16)18-15(2,3)4/h5-6,8-9H,7,10-11H2,1-4H3. The molecule has 0 heterocycles. The van der Waals surface area contributed by atoms with Crippen LogP contribution in [0, 0.1) is 6.92 Å². The Kier molecular flexibility index (Phi) is 5.20. The first kappa shape index (κ1) is 14.6. The van der Waals surface area contributed by atoms with E-state index >= 15 is 0 Å². The highest BCUT2D eigenvalue weighted by molar-refractivity contribution is 5.69. The summed E-state index contributed by atoms with van der Waals surface area (Å²) < 4.78 is 10.8. The Hall–Kier alpha value is -1.51. The molecule has 3 heteroatoms. The van der Waals surface area contributed by atoms with Crippen LogP contribution in [-0.4, -0.2) is 18.2 Å². The zero-order valence-electron chi connectivity index (χ0n) is 11.7. The largest absolute Gasteiger partial charge is 0.493 e. The predicted molar refractivity (Wildman–Crippen MR) is 71.8 cm³/mol. The van der Waals surface area contributed by atoms with E-state index in [0.29, 0.717) is 19.4 Å². The van der Waals surface area contributed by atoms with Gasteiger partial charge in [-0.05, 0) is 45.7 Å². The Balaban J connectivity index is 2.23. The molecule has 0 aliphatic carbocycles. The van der Waals surface area contributed by atoms with E-state index in [1.54, 1.807) is 0 Å². The summed E-state index contributed by atoms with van der Waals surface area (Å²) in [5.41, 5.74) is 0.697. The monoisotopic (exact) mass is 250 g/mol. The van der Waals surface area contributed by atoms with Crippen molar-refractivity contribution >= 4 is 5.97 Å². The van der Waals surface area contributed by atoms with Crippen LogP contribution in [0.1, 0.15) is 39.2 Å². The second-order valence-corrected chi connectivity index (χ2v) is 5.30. The number of hydrogen-bond donors (Lipinski definition) is 0. The SMILES string of the molecule is Cc1ccccc1OCCCC(=O)OC(C)(C)C. The van der Waals surface area contributed by atoms with Gasteiger partial charge in [0.05, 0.1) is 6.61 Å². The van der Waals surface area contributed by atoms with Gasteiger partial charge in [-0.3, -0.25) is 4.79 Å². The topological polar surface area (TPSA) is 35.5 Å². The van der Waals surface area contributed by atoms with E-state index in [1.165, 1.54) is 0 Å². The van der Waals surface area contributed by atoms with Gasteiger partial charge in [0.15, 0.2) is 0 Å². The lowest BCUT2D eigenvalue weighted by Gasteiger charge is -2.19. The molecule has 0 spiro atoms. The summed E-state index contributed by atoms with van der Waals surface area (Å²) >= 11 is 0. The molecule has 1 aromatic carbocycles. The first-order valence-corrected chi connectivity index (χ1v) is 6.29. The van der Waals surface area contributed by atoms with Crippen molar-refractivity contribution < 1.29 is 14.3 Å². The first-order chi connectivity index (χ1) is 8.38. The zero-order chi connectivity index (χ0) is 13.6. The van der Waals surface area contributed by atoms with Crippen LogP contribution in [0.3, 0.4) is 0 Å². The van der Waals surface area contributed by atoms with Crippen molar-refractivity contribution in [2.24, 2.45) is 0 Å². The van der Waals surface area contributed by atoms with Gasteiger partial charge in [0, 0.05) is 6.42 Å². The molecule has 100 valence electrons. The fourth-order valence-corrected chi connectivity index (χ4v) is 1.51. The van der Waals surface area contributed by atoms with E-state index in [2.05, 4.69) is 0 Å². The van der Waals surface area contributed by atoms with Crippen LogP contribution in [-0.2, 0) is 9.53 Å². The number of esters is 1. The third-order valence-corrected chi connectivity index (χ3v) is 2.30. The lowest BCUT2D eigenvalue weighted by atomic mass is 10.2. The minimum Gasteiger partial charge on any atom is -0.493 e. The van der Waals surface area contributed by atoms with E-state index in [1.807, 2.05) is 52.0 Å². The Morgan fingerprint density at radius 2 is 1.89 bits per heavy atom. The Morgan fingerprint density at radius 3 is 2.50 bits per heavy atom. The van der Waals surface area contributed by atoms with Crippen molar-refractivity contribution in [1.82, 2.24) is 0 Å². The van der Waals surface area contributed by atoms with Gasteiger partial charge in [-0.25, -0.2) is 0 Å². The quantitative estimate of drug-likeness (QED) is 0.592. The molecule has 18 heavy (non-hydrogen) atoms. The second-order valence-electron chi connectivity index (χ2n) is 5.30. The maximum atomic E-state index is 11.5. The van der Waals surface area contributed by atoms with Crippen molar-refractivity contribution in [2.75, 3.05) is 6.61 Å². The molecule has 3 nitrogen and oxygen atoms in total. The van der Waals surface area contributed by atoms with Gasteiger partial charge in [-0.15, -0.1) is 0 Å². The number of aryl methyl sites for hydroxylation is 1. The van der Waals surface area contributed by atoms with Crippen LogP contribution in [0.2, 0.25) is 0 Å². The molecule has 0 radical (unpaired) electrons. The summed E-state index contributed by atoms with van der Waals surface area (Å²) in [6, 6.07) is 7.85. The highest BCUT2D eigenvalue weighted by Gasteiger charge is 2.15. The summed E-state index contributed by atoms with van der Waals surface area (Å²) in [7, 11) is 0.